The van der Waals surface area contributed by atoms with E-state index in [9.17, 15) is 4.79 Å². The van der Waals surface area contributed by atoms with E-state index in [1.165, 1.54) is 0 Å². The molecule has 27 heavy (non-hydrogen) atoms. The fraction of sp³-hybridized carbons (Fsp3) is 0.348. The van der Waals surface area contributed by atoms with Crippen LogP contribution in [0.25, 0.3) is 0 Å². The van der Waals surface area contributed by atoms with Gasteiger partial charge in [-0.25, -0.2) is 0 Å². The summed E-state index contributed by atoms with van der Waals surface area (Å²) in [5.41, 5.74) is 3.43. The first-order chi connectivity index (χ1) is 12.9. The number of hydrogen-bond donors (Lipinski definition) is 1. The second-order valence-electron chi connectivity index (χ2n) is 7.68. The molecular formula is C23H26N2O2. The van der Waals surface area contributed by atoms with Gasteiger partial charge in [0.15, 0.2) is 0 Å². The van der Waals surface area contributed by atoms with Crippen molar-refractivity contribution in [2.24, 2.45) is 5.41 Å². The SMILES string of the molecule is CC(C)(C)C#Cc1ccc(C(=O)Nc2ccc(N3CCOCC3)cc2)cc1. The first-order valence-electron chi connectivity index (χ1n) is 9.28. The van der Waals surface area contributed by atoms with Gasteiger partial charge in [-0.15, -0.1) is 0 Å². The third-order valence-corrected chi connectivity index (χ3v) is 4.23. The van der Waals surface area contributed by atoms with Gasteiger partial charge < -0.3 is 15.0 Å². The lowest BCUT2D eigenvalue weighted by molar-refractivity contribution is 0.102. The molecule has 2 aromatic rings. The molecule has 1 aliphatic heterocycles. The van der Waals surface area contributed by atoms with Gasteiger partial charge in [0, 0.05) is 41.0 Å². The molecule has 140 valence electrons. The summed E-state index contributed by atoms with van der Waals surface area (Å²) in [5, 5.41) is 2.95. The molecule has 1 aliphatic rings. The Balaban J connectivity index is 1.62. The largest absolute Gasteiger partial charge is 0.378 e. The van der Waals surface area contributed by atoms with E-state index in [0.29, 0.717) is 5.56 Å². The van der Waals surface area contributed by atoms with Gasteiger partial charge >= 0.3 is 0 Å². The van der Waals surface area contributed by atoms with E-state index < -0.39 is 0 Å². The number of amides is 1. The molecule has 0 aromatic heterocycles. The highest BCUT2D eigenvalue weighted by Crippen LogP contribution is 2.19. The van der Waals surface area contributed by atoms with E-state index in [2.05, 4.69) is 42.8 Å². The molecule has 3 rings (SSSR count). The molecule has 1 amide bonds. The second-order valence-corrected chi connectivity index (χ2v) is 7.68. The zero-order valence-electron chi connectivity index (χ0n) is 16.2. The van der Waals surface area contributed by atoms with Gasteiger partial charge in [0.2, 0.25) is 0 Å². The van der Waals surface area contributed by atoms with Crippen LogP contribution in [0.15, 0.2) is 48.5 Å². The summed E-state index contributed by atoms with van der Waals surface area (Å²) in [6.45, 7) is 9.54. The van der Waals surface area contributed by atoms with Crippen molar-refractivity contribution < 1.29 is 9.53 Å². The monoisotopic (exact) mass is 362 g/mol. The number of hydrogen-bond acceptors (Lipinski definition) is 3. The van der Waals surface area contributed by atoms with Gasteiger partial charge in [0.05, 0.1) is 13.2 Å². The summed E-state index contributed by atoms with van der Waals surface area (Å²) in [7, 11) is 0. The fourth-order valence-corrected chi connectivity index (χ4v) is 2.75. The predicted molar refractivity (Wildman–Crippen MR) is 110 cm³/mol. The molecule has 1 fully saturated rings. The van der Waals surface area contributed by atoms with E-state index in [4.69, 9.17) is 4.74 Å². The van der Waals surface area contributed by atoms with Crippen molar-refractivity contribution in [1.29, 1.82) is 0 Å². The van der Waals surface area contributed by atoms with Crippen LogP contribution in [-0.2, 0) is 4.74 Å². The maximum atomic E-state index is 12.5. The Labute approximate surface area is 161 Å². The fourth-order valence-electron chi connectivity index (χ4n) is 2.75. The van der Waals surface area contributed by atoms with Crippen LogP contribution in [0.4, 0.5) is 11.4 Å². The summed E-state index contributed by atoms with van der Waals surface area (Å²) in [4.78, 5) is 14.7. The lowest BCUT2D eigenvalue weighted by atomic mass is 9.97. The second kappa shape index (κ2) is 8.28. The molecule has 4 heteroatoms. The predicted octanol–water partition coefficient (Wildman–Crippen LogP) is 4.17. The molecule has 0 aliphatic carbocycles. The number of carbonyl (C=O) groups excluding carboxylic acids is 1. The van der Waals surface area contributed by atoms with Gasteiger partial charge in [-0.05, 0) is 69.3 Å². The lowest BCUT2D eigenvalue weighted by Gasteiger charge is -2.28. The van der Waals surface area contributed by atoms with E-state index in [-0.39, 0.29) is 11.3 Å². The third kappa shape index (κ3) is 5.60. The molecule has 4 nitrogen and oxygen atoms in total. The van der Waals surface area contributed by atoms with Crippen molar-refractivity contribution in [3.05, 3.63) is 59.7 Å². The van der Waals surface area contributed by atoms with Gasteiger partial charge in [-0.2, -0.15) is 0 Å². The van der Waals surface area contributed by atoms with Gasteiger partial charge in [0.1, 0.15) is 0 Å². The number of rotatable bonds is 3. The minimum Gasteiger partial charge on any atom is -0.378 e. The minimum atomic E-state index is -0.121. The summed E-state index contributed by atoms with van der Waals surface area (Å²) in [6.07, 6.45) is 0. The number of carbonyl (C=O) groups is 1. The highest BCUT2D eigenvalue weighted by atomic mass is 16.5. The Bertz CT molecular complexity index is 831. The Morgan fingerprint density at radius 3 is 2.22 bits per heavy atom. The van der Waals surface area contributed by atoms with Gasteiger partial charge in [-0.1, -0.05) is 11.8 Å². The van der Waals surface area contributed by atoms with Crippen LogP contribution in [0.3, 0.4) is 0 Å². The van der Waals surface area contributed by atoms with Gasteiger partial charge in [0.25, 0.3) is 5.91 Å². The number of ether oxygens (including phenoxy) is 1. The zero-order valence-corrected chi connectivity index (χ0v) is 16.2. The highest BCUT2D eigenvalue weighted by Gasteiger charge is 2.11. The molecule has 0 unspecified atom stereocenters. The highest BCUT2D eigenvalue weighted by molar-refractivity contribution is 6.04. The average molecular weight is 362 g/mol. The molecule has 2 aromatic carbocycles. The van der Waals surface area contributed by atoms with E-state index in [1.807, 2.05) is 48.5 Å². The van der Waals surface area contributed by atoms with Gasteiger partial charge in [-0.3, -0.25) is 4.79 Å². The minimum absolute atomic E-state index is 0.0383. The van der Waals surface area contributed by atoms with E-state index in [1.54, 1.807) is 0 Å². The molecule has 0 spiro atoms. The van der Waals surface area contributed by atoms with Crippen LogP contribution in [0, 0.1) is 17.3 Å². The Kier molecular flexibility index (Phi) is 5.83. The van der Waals surface area contributed by atoms with Crippen molar-refractivity contribution in [2.75, 3.05) is 36.5 Å². The van der Waals surface area contributed by atoms with Crippen LogP contribution in [0.5, 0.6) is 0 Å². The molecule has 0 atom stereocenters. The van der Waals surface area contributed by atoms with Crippen LogP contribution < -0.4 is 10.2 Å². The Hall–Kier alpha value is -2.77. The number of anilines is 2. The van der Waals surface area contributed by atoms with Crippen LogP contribution in [-0.4, -0.2) is 32.2 Å². The zero-order chi connectivity index (χ0) is 19.3. The Morgan fingerprint density at radius 1 is 1.00 bits per heavy atom. The third-order valence-electron chi connectivity index (χ3n) is 4.23. The lowest BCUT2D eigenvalue weighted by Crippen LogP contribution is -2.36. The maximum absolute atomic E-state index is 12.5. The molecular weight excluding hydrogens is 336 g/mol. The molecule has 0 radical (unpaired) electrons. The molecule has 1 N–H and O–H groups in total. The Morgan fingerprint density at radius 2 is 1.63 bits per heavy atom. The van der Waals surface area contributed by atoms with Crippen molar-refractivity contribution in [2.45, 2.75) is 20.8 Å². The van der Waals surface area contributed by atoms with Crippen molar-refractivity contribution in [1.82, 2.24) is 0 Å². The summed E-state index contributed by atoms with van der Waals surface area (Å²) >= 11 is 0. The molecule has 0 bridgehead atoms. The average Bonchev–Trinajstić information content (AvgIpc) is 2.67. The first kappa shape index (κ1) is 19.0. The first-order valence-corrected chi connectivity index (χ1v) is 9.28. The van der Waals surface area contributed by atoms with E-state index >= 15 is 0 Å². The number of morpholine rings is 1. The standard InChI is InChI=1S/C23H26N2O2/c1-23(2,3)13-12-18-4-6-19(7-5-18)22(26)24-20-8-10-21(11-9-20)25-14-16-27-17-15-25/h4-11H,14-17H2,1-3H3,(H,24,26). The van der Waals surface area contributed by atoms with E-state index in [0.717, 1.165) is 43.2 Å². The summed E-state index contributed by atoms with van der Waals surface area (Å²) < 4.78 is 5.38. The number of benzene rings is 2. The maximum Gasteiger partial charge on any atom is 0.255 e. The molecule has 0 saturated carbocycles. The normalized spacial score (nSPS) is 14.3. The van der Waals surface area contributed by atoms with Crippen molar-refractivity contribution >= 4 is 17.3 Å². The molecule has 1 heterocycles. The quantitative estimate of drug-likeness (QED) is 0.833. The topological polar surface area (TPSA) is 41.6 Å². The summed E-state index contributed by atoms with van der Waals surface area (Å²) in [5.74, 6) is 6.22. The van der Waals surface area contributed by atoms with Crippen molar-refractivity contribution in [3.8, 4) is 11.8 Å². The smallest absolute Gasteiger partial charge is 0.255 e. The number of nitrogens with zero attached hydrogens (tertiary/aromatic N) is 1. The summed E-state index contributed by atoms with van der Waals surface area (Å²) in [6, 6.07) is 15.3. The van der Waals surface area contributed by atoms with Crippen molar-refractivity contribution in [3.63, 3.8) is 0 Å². The number of nitrogens with one attached hydrogen (secondary N) is 1. The van der Waals surface area contributed by atoms with Crippen LogP contribution in [0.1, 0.15) is 36.7 Å². The van der Waals surface area contributed by atoms with Crippen LogP contribution in [0.2, 0.25) is 0 Å². The van der Waals surface area contributed by atoms with Crippen LogP contribution >= 0.6 is 0 Å². The molecule has 1 saturated heterocycles.